The largest absolute Gasteiger partial charge is 0.313 e. The summed E-state index contributed by atoms with van der Waals surface area (Å²) >= 11 is 0. The normalized spacial score (nSPS) is 19.3. The van der Waals surface area contributed by atoms with Crippen LogP contribution in [0.2, 0.25) is 0 Å². The molecule has 70 valence electrons. The zero-order valence-corrected chi connectivity index (χ0v) is 8.40. The van der Waals surface area contributed by atoms with E-state index < -0.39 is 0 Å². The van der Waals surface area contributed by atoms with Crippen LogP contribution in [-0.4, -0.2) is 13.1 Å². The lowest BCUT2D eigenvalue weighted by Crippen LogP contribution is -2.26. The van der Waals surface area contributed by atoms with E-state index in [-0.39, 0.29) is 0 Å². The molecule has 0 bridgehead atoms. The predicted molar refractivity (Wildman–Crippen MR) is 54.3 cm³/mol. The Morgan fingerprint density at radius 2 is 2.42 bits per heavy atom. The van der Waals surface area contributed by atoms with E-state index >= 15 is 0 Å². The van der Waals surface area contributed by atoms with Gasteiger partial charge in [-0.25, -0.2) is 0 Å². The molecule has 1 aliphatic rings. The Kier molecular flexibility index (Phi) is 4.37. The second-order valence-corrected chi connectivity index (χ2v) is 3.65. The van der Waals surface area contributed by atoms with E-state index in [0.717, 1.165) is 0 Å². The van der Waals surface area contributed by atoms with Crippen LogP contribution in [0.5, 0.6) is 0 Å². The monoisotopic (exact) mass is 167 g/mol. The number of unbranched alkanes of at least 4 members (excludes halogenated alkanes) is 1. The summed E-state index contributed by atoms with van der Waals surface area (Å²) in [5.74, 6) is 0. The fourth-order valence-electron chi connectivity index (χ4n) is 1.94. The number of hydrogen-bond donors (Lipinski definition) is 1. The third kappa shape index (κ3) is 2.63. The lowest BCUT2D eigenvalue weighted by atomic mass is 10.0. The maximum Gasteiger partial charge on any atom is 0.0276 e. The van der Waals surface area contributed by atoms with E-state index in [2.05, 4.69) is 25.4 Å². The standard InChI is InChI=1S/C11H21N/c1-3-4-9-11(12-2)10-7-5-6-8-10/h7,11-12H,3-6,8-9H2,1-2H3. The Labute approximate surface area is 76.2 Å². The quantitative estimate of drug-likeness (QED) is 0.621. The first-order valence-corrected chi connectivity index (χ1v) is 5.24. The van der Waals surface area contributed by atoms with Crippen molar-refractivity contribution < 1.29 is 0 Å². The van der Waals surface area contributed by atoms with E-state index in [1.54, 1.807) is 5.57 Å². The molecule has 1 rings (SSSR count). The first-order valence-electron chi connectivity index (χ1n) is 5.24. The molecule has 1 N–H and O–H groups in total. The Hall–Kier alpha value is -0.300. The van der Waals surface area contributed by atoms with E-state index in [0.29, 0.717) is 6.04 Å². The maximum atomic E-state index is 3.41. The summed E-state index contributed by atoms with van der Waals surface area (Å²) in [6, 6.07) is 0.674. The van der Waals surface area contributed by atoms with Gasteiger partial charge >= 0.3 is 0 Å². The van der Waals surface area contributed by atoms with Gasteiger partial charge in [-0.1, -0.05) is 31.4 Å². The average Bonchev–Trinajstić information content (AvgIpc) is 2.59. The number of rotatable bonds is 5. The highest BCUT2D eigenvalue weighted by atomic mass is 14.9. The molecule has 0 aromatic heterocycles. The van der Waals surface area contributed by atoms with Gasteiger partial charge in [-0.15, -0.1) is 0 Å². The Morgan fingerprint density at radius 1 is 1.58 bits per heavy atom. The average molecular weight is 167 g/mol. The van der Waals surface area contributed by atoms with Crippen LogP contribution >= 0.6 is 0 Å². The van der Waals surface area contributed by atoms with Gasteiger partial charge in [-0.05, 0) is 32.7 Å². The molecule has 0 aliphatic heterocycles. The summed E-state index contributed by atoms with van der Waals surface area (Å²) in [7, 11) is 2.08. The molecule has 0 amide bonds. The summed E-state index contributed by atoms with van der Waals surface area (Å²) in [5, 5.41) is 3.41. The van der Waals surface area contributed by atoms with Crippen molar-refractivity contribution in [3.05, 3.63) is 11.6 Å². The third-order valence-corrected chi connectivity index (χ3v) is 2.72. The smallest absolute Gasteiger partial charge is 0.0276 e. The molecule has 0 saturated heterocycles. The molecule has 1 nitrogen and oxygen atoms in total. The summed E-state index contributed by atoms with van der Waals surface area (Å²) in [6.45, 7) is 2.26. The van der Waals surface area contributed by atoms with E-state index in [4.69, 9.17) is 0 Å². The molecular weight excluding hydrogens is 146 g/mol. The van der Waals surface area contributed by atoms with Crippen LogP contribution in [-0.2, 0) is 0 Å². The highest BCUT2D eigenvalue weighted by molar-refractivity contribution is 5.14. The van der Waals surface area contributed by atoms with Gasteiger partial charge in [0, 0.05) is 6.04 Å². The molecule has 1 atom stereocenters. The van der Waals surface area contributed by atoms with Gasteiger partial charge in [-0.2, -0.15) is 0 Å². The van der Waals surface area contributed by atoms with Gasteiger partial charge in [0.05, 0.1) is 0 Å². The Bertz CT molecular complexity index is 149. The van der Waals surface area contributed by atoms with E-state index in [9.17, 15) is 0 Å². The topological polar surface area (TPSA) is 12.0 Å². The van der Waals surface area contributed by atoms with Crippen molar-refractivity contribution in [2.24, 2.45) is 0 Å². The van der Waals surface area contributed by atoms with Crippen molar-refractivity contribution in [1.82, 2.24) is 5.32 Å². The zero-order valence-electron chi connectivity index (χ0n) is 8.40. The second-order valence-electron chi connectivity index (χ2n) is 3.65. The van der Waals surface area contributed by atoms with Crippen LogP contribution in [0.25, 0.3) is 0 Å². The summed E-state index contributed by atoms with van der Waals surface area (Å²) in [6.07, 6.45) is 10.4. The fourth-order valence-corrected chi connectivity index (χ4v) is 1.94. The van der Waals surface area contributed by atoms with Crippen LogP contribution < -0.4 is 5.32 Å². The molecule has 0 saturated carbocycles. The van der Waals surface area contributed by atoms with Gasteiger partial charge in [0.15, 0.2) is 0 Å². The van der Waals surface area contributed by atoms with Crippen molar-refractivity contribution in [3.63, 3.8) is 0 Å². The summed E-state index contributed by atoms with van der Waals surface area (Å²) in [5.41, 5.74) is 1.66. The Morgan fingerprint density at radius 3 is 2.92 bits per heavy atom. The number of hydrogen-bond acceptors (Lipinski definition) is 1. The van der Waals surface area contributed by atoms with Crippen LogP contribution in [0.15, 0.2) is 11.6 Å². The van der Waals surface area contributed by atoms with Crippen LogP contribution in [0.4, 0.5) is 0 Å². The highest BCUT2D eigenvalue weighted by Crippen LogP contribution is 2.23. The third-order valence-electron chi connectivity index (χ3n) is 2.72. The molecule has 0 aromatic rings. The van der Waals surface area contributed by atoms with Crippen LogP contribution in [0, 0.1) is 0 Å². The summed E-state index contributed by atoms with van der Waals surface area (Å²) < 4.78 is 0. The number of likely N-dealkylation sites (N-methyl/N-ethyl adjacent to an activating group) is 1. The molecule has 0 radical (unpaired) electrons. The molecule has 0 spiro atoms. The second kappa shape index (κ2) is 5.36. The van der Waals surface area contributed by atoms with Crippen LogP contribution in [0.1, 0.15) is 45.4 Å². The molecule has 1 aliphatic carbocycles. The zero-order chi connectivity index (χ0) is 8.81. The van der Waals surface area contributed by atoms with Crippen molar-refractivity contribution in [2.45, 2.75) is 51.5 Å². The lowest BCUT2D eigenvalue weighted by molar-refractivity contribution is 0.547. The summed E-state index contributed by atoms with van der Waals surface area (Å²) in [4.78, 5) is 0. The lowest BCUT2D eigenvalue weighted by Gasteiger charge is -2.16. The molecule has 1 unspecified atom stereocenters. The van der Waals surface area contributed by atoms with Gasteiger partial charge in [0.2, 0.25) is 0 Å². The minimum absolute atomic E-state index is 0.674. The van der Waals surface area contributed by atoms with Gasteiger partial charge in [-0.3, -0.25) is 0 Å². The molecule has 0 fully saturated rings. The Balaban J connectivity index is 2.33. The molecule has 1 heteroatoms. The maximum absolute atomic E-state index is 3.41. The fraction of sp³-hybridized carbons (Fsp3) is 0.818. The van der Waals surface area contributed by atoms with Gasteiger partial charge < -0.3 is 5.32 Å². The number of nitrogens with one attached hydrogen (secondary N) is 1. The van der Waals surface area contributed by atoms with Gasteiger partial charge in [0.25, 0.3) is 0 Å². The van der Waals surface area contributed by atoms with Crippen molar-refractivity contribution in [3.8, 4) is 0 Å². The molecule has 0 aromatic carbocycles. The first-order chi connectivity index (χ1) is 5.88. The number of allylic oxidation sites excluding steroid dienone is 1. The SMILES string of the molecule is CCCCC(NC)C1=CCCC1. The molecular formula is C11H21N. The van der Waals surface area contributed by atoms with Crippen molar-refractivity contribution in [2.75, 3.05) is 7.05 Å². The minimum Gasteiger partial charge on any atom is -0.313 e. The van der Waals surface area contributed by atoms with Crippen LogP contribution in [0.3, 0.4) is 0 Å². The minimum atomic E-state index is 0.674. The van der Waals surface area contributed by atoms with E-state index in [1.165, 1.54) is 38.5 Å². The van der Waals surface area contributed by atoms with Gasteiger partial charge in [0.1, 0.15) is 0 Å². The molecule has 12 heavy (non-hydrogen) atoms. The first kappa shape index (κ1) is 9.79. The highest BCUT2D eigenvalue weighted by Gasteiger charge is 2.13. The predicted octanol–water partition coefficient (Wildman–Crippen LogP) is 2.87. The van der Waals surface area contributed by atoms with Crippen molar-refractivity contribution in [1.29, 1.82) is 0 Å². The molecule has 0 heterocycles. The van der Waals surface area contributed by atoms with Crippen molar-refractivity contribution >= 4 is 0 Å². The van der Waals surface area contributed by atoms with E-state index in [1.807, 2.05) is 0 Å².